The lowest BCUT2D eigenvalue weighted by Crippen LogP contribution is -2.50. The van der Waals surface area contributed by atoms with Crippen molar-refractivity contribution in [2.24, 2.45) is 0 Å². The number of nitrogens with one attached hydrogen (secondary N) is 1. The van der Waals surface area contributed by atoms with Crippen LogP contribution in [0.15, 0.2) is 59.5 Å². The van der Waals surface area contributed by atoms with E-state index in [1.54, 1.807) is 42.7 Å². The zero-order chi connectivity index (χ0) is 21.9. The van der Waals surface area contributed by atoms with Crippen molar-refractivity contribution in [3.05, 3.63) is 65.7 Å². The van der Waals surface area contributed by atoms with E-state index < -0.39 is 15.6 Å². The maximum atomic E-state index is 12.8. The van der Waals surface area contributed by atoms with Crippen molar-refractivity contribution in [3.63, 3.8) is 0 Å². The third-order valence-corrected chi connectivity index (χ3v) is 6.50. The molecule has 2 aromatic rings. The largest absolute Gasteiger partial charge is 0.335 e. The zero-order valence-corrected chi connectivity index (χ0v) is 18.3. The molecule has 0 saturated carbocycles. The Balaban J connectivity index is 1.62. The van der Waals surface area contributed by atoms with Crippen molar-refractivity contribution in [1.29, 1.82) is 0 Å². The Morgan fingerprint density at radius 3 is 1.63 bits per heavy atom. The second kappa shape index (κ2) is 8.57. The summed E-state index contributed by atoms with van der Waals surface area (Å²) in [7, 11) is -3.65. The summed E-state index contributed by atoms with van der Waals surface area (Å²) in [5.74, 6) is -0.210. The fourth-order valence-electron chi connectivity index (χ4n) is 3.30. The lowest BCUT2D eigenvalue weighted by Gasteiger charge is -2.35. The Bertz CT molecular complexity index is 1000. The van der Waals surface area contributed by atoms with Gasteiger partial charge in [0.25, 0.3) is 11.8 Å². The van der Waals surface area contributed by atoms with Crippen LogP contribution in [-0.4, -0.2) is 61.7 Å². The van der Waals surface area contributed by atoms with Crippen LogP contribution < -0.4 is 4.72 Å². The first-order chi connectivity index (χ1) is 14.1. The van der Waals surface area contributed by atoms with Crippen LogP contribution in [0, 0.1) is 0 Å². The minimum Gasteiger partial charge on any atom is -0.335 e. The number of nitrogens with zero attached hydrogens (tertiary/aromatic N) is 2. The summed E-state index contributed by atoms with van der Waals surface area (Å²) in [5, 5.41) is 0. The minimum atomic E-state index is -3.65. The Morgan fingerprint density at radius 2 is 1.20 bits per heavy atom. The van der Waals surface area contributed by atoms with Gasteiger partial charge in [0.1, 0.15) is 0 Å². The molecule has 1 heterocycles. The number of carbonyl (C=O) groups excluding carboxylic acids is 2. The Labute approximate surface area is 177 Å². The van der Waals surface area contributed by atoms with Crippen LogP contribution in [0.5, 0.6) is 0 Å². The number of rotatable bonds is 4. The van der Waals surface area contributed by atoms with Crippen LogP contribution in [0.4, 0.5) is 0 Å². The lowest BCUT2D eigenvalue weighted by molar-refractivity contribution is 0.0535. The van der Waals surface area contributed by atoms with E-state index in [9.17, 15) is 18.0 Å². The smallest absolute Gasteiger partial charge is 0.253 e. The minimum absolute atomic E-state index is 0.0383. The molecule has 7 nitrogen and oxygen atoms in total. The molecule has 1 fully saturated rings. The Hall–Kier alpha value is -2.71. The maximum absolute atomic E-state index is 12.8. The molecule has 0 atom stereocenters. The van der Waals surface area contributed by atoms with Gasteiger partial charge >= 0.3 is 0 Å². The Kier molecular flexibility index (Phi) is 6.28. The van der Waals surface area contributed by atoms with Gasteiger partial charge in [0.05, 0.1) is 4.90 Å². The van der Waals surface area contributed by atoms with E-state index in [2.05, 4.69) is 4.72 Å². The SMILES string of the molecule is CC(C)(C)NS(=O)(=O)c1ccc(C(=O)N2CCN(C(=O)c3ccccc3)CC2)cc1. The van der Waals surface area contributed by atoms with Gasteiger partial charge in [0.2, 0.25) is 10.0 Å². The van der Waals surface area contributed by atoms with Gasteiger partial charge in [-0.05, 0) is 57.2 Å². The molecule has 0 aromatic heterocycles. The average Bonchev–Trinajstić information content (AvgIpc) is 2.72. The number of hydrogen-bond acceptors (Lipinski definition) is 4. The monoisotopic (exact) mass is 429 g/mol. The molecular formula is C22H27N3O4S. The molecule has 2 amide bonds. The second-order valence-corrected chi connectivity index (χ2v) is 10.0. The number of sulfonamides is 1. The van der Waals surface area contributed by atoms with E-state index in [0.717, 1.165) is 0 Å². The first-order valence-corrected chi connectivity index (χ1v) is 11.3. The van der Waals surface area contributed by atoms with Gasteiger partial charge in [0.15, 0.2) is 0 Å². The van der Waals surface area contributed by atoms with Crippen LogP contribution in [-0.2, 0) is 10.0 Å². The van der Waals surface area contributed by atoms with Gasteiger partial charge in [-0.15, -0.1) is 0 Å². The summed E-state index contributed by atoms with van der Waals surface area (Å²) in [5.41, 5.74) is 0.468. The van der Waals surface area contributed by atoms with Crippen molar-refractivity contribution in [1.82, 2.24) is 14.5 Å². The van der Waals surface area contributed by atoms with Gasteiger partial charge in [-0.1, -0.05) is 18.2 Å². The number of piperazine rings is 1. The summed E-state index contributed by atoms with van der Waals surface area (Å²) in [6.45, 7) is 7.09. The highest BCUT2D eigenvalue weighted by atomic mass is 32.2. The highest BCUT2D eigenvalue weighted by Crippen LogP contribution is 2.16. The Morgan fingerprint density at radius 1 is 0.767 bits per heavy atom. The van der Waals surface area contributed by atoms with Crippen molar-refractivity contribution in [2.75, 3.05) is 26.2 Å². The van der Waals surface area contributed by atoms with Crippen LogP contribution >= 0.6 is 0 Å². The second-order valence-electron chi connectivity index (χ2n) is 8.33. The lowest BCUT2D eigenvalue weighted by atomic mass is 10.1. The summed E-state index contributed by atoms with van der Waals surface area (Å²) in [4.78, 5) is 28.9. The first-order valence-electron chi connectivity index (χ1n) is 9.84. The van der Waals surface area contributed by atoms with Crippen molar-refractivity contribution >= 4 is 21.8 Å². The number of hydrogen-bond donors (Lipinski definition) is 1. The molecular weight excluding hydrogens is 402 g/mol. The third-order valence-electron chi connectivity index (χ3n) is 4.73. The highest BCUT2D eigenvalue weighted by Gasteiger charge is 2.26. The number of amides is 2. The molecule has 1 saturated heterocycles. The molecule has 0 unspecified atom stereocenters. The van der Waals surface area contributed by atoms with E-state index in [4.69, 9.17) is 0 Å². The van der Waals surface area contributed by atoms with Gasteiger partial charge < -0.3 is 9.80 Å². The van der Waals surface area contributed by atoms with Crippen LogP contribution in [0.2, 0.25) is 0 Å². The molecule has 2 aromatic carbocycles. The van der Waals surface area contributed by atoms with Gasteiger partial charge in [-0.25, -0.2) is 13.1 Å². The molecule has 160 valence electrons. The molecule has 8 heteroatoms. The van der Waals surface area contributed by atoms with E-state index in [-0.39, 0.29) is 16.7 Å². The fourth-order valence-corrected chi connectivity index (χ4v) is 4.72. The van der Waals surface area contributed by atoms with Crippen LogP contribution in [0.3, 0.4) is 0 Å². The fraction of sp³-hybridized carbons (Fsp3) is 0.364. The predicted molar refractivity (Wildman–Crippen MR) is 115 cm³/mol. The molecule has 1 N–H and O–H groups in total. The number of carbonyl (C=O) groups is 2. The van der Waals surface area contributed by atoms with Crippen molar-refractivity contribution in [3.8, 4) is 0 Å². The van der Waals surface area contributed by atoms with E-state index in [0.29, 0.717) is 37.3 Å². The molecule has 0 bridgehead atoms. The van der Waals surface area contributed by atoms with E-state index in [1.807, 2.05) is 18.2 Å². The van der Waals surface area contributed by atoms with E-state index >= 15 is 0 Å². The summed E-state index contributed by atoms with van der Waals surface area (Å²) in [6.07, 6.45) is 0. The molecule has 0 radical (unpaired) electrons. The quantitative estimate of drug-likeness (QED) is 0.808. The molecule has 1 aliphatic heterocycles. The zero-order valence-electron chi connectivity index (χ0n) is 17.5. The molecule has 1 aliphatic rings. The molecule has 3 rings (SSSR count). The van der Waals surface area contributed by atoms with Gasteiger partial charge in [-0.2, -0.15) is 0 Å². The van der Waals surface area contributed by atoms with Crippen LogP contribution in [0.25, 0.3) is 0 Å². The first kappa shape index (κ1) is 22.0. The topological polar surface area (TPSA) is 86.8 Å². The van der Waals surface area contributed by atoms with E-state index in [1.165, 1.54) is 24.3 Å². The van der Waals surface area contributed by atoms with Crippen molar-refractivity contribution in [2.45, 2.75) is 31.2 Å². The normalized spacial score (nSPS) is 15.2. The third kappa shape index (κ3) is 5.25. The summed E-state index contributed by atoms with van der Waals surface area (Å²) in [6, 6.07) is 15.0. The molecule has 30 heavy (non-hydrogen) atoms. The van der Waals surface area contributed by atoms with Gasteiger partial charge in [-0.3, -0.25) is 9.59 Å². The standard InChI is InChI=1S/C22H27N3O4S/c1-22(2,3)23-30(28,29)19-11-9-18(10-12-19)21(27)25-15-13-24(14-16-25)20(26)17-7-5-4-6-8-17/h4-12,23H,13-16H2,1-3H3. The predicted octanol–water partition coefficient (Wildman–Crippen LogP) is 2.36. The average molecular weight is 430 g/mol. The summed E-state index contributed by atoms with van der Waals surface area (Å²) >= 11 is 0. The highest BCUT2D eigenvalue weighted by molar-refractivity contribution is 7.89. The maximum Gasteiger partial charge on any atom is 0.253 e. The molecule has 0 aliphatic carbocycles. The number of benzene rings is 2. The van der Waals surface area contributed by atoms with Crippen LogP contribution in [0.1, 0.15) is 41.5 Å². The summed E-state index contributed by atoms with van der Waals surface area (Å²) < 4.78 is 27.4. The van der Waals surface area contributed by atoms with Gasteiger partial charge in [0, 0.05) is 42.8 Å². The van der Waals surface area contributed by atoms with Crippen molar-refractivity contribution < 1.29 is 18.0 Å². The molecule has 0 spiro atoms.